The van der Waals surface area contributed by atoms with E-state index in [1.807, 2.05) is 33.2 Å². The second-order valence-corrected chi connectivity index (χ2v) is 6.11. The van der Waals surface area contributed by atoms with Crippen LogP contribution in [0.25, 0.3) is 0 Å². The molecule has 2 unspecified atom stereocenters. The van der Waals surface area contributed by atoms with Crippen molar-refractivity contribution in [3.8, 4) is 0 Å². The molecule has 1 aliphatic carbocycles. The average Bonchev–Trinajstić information content (AvgIpc) is 2.88. The van der Waals surface area contributed by atoms with Crippen LogP contribution in [0.4, 0.5) is 4.79 Å². The first-order valence-electron chi connectivity index (χ1n) is 7.12. The van der Waals surface area contributed by atoms with Crippen LogP contribution in [0, 0.1) is 0 Å². The Hall–Kier alpha value is -1.56. The Kier molecular flexibility index (Phi) is 4.32. The van der Waals surface area contributed by atoms with Crippen molar-refractivity contribution in [2.75, 3.05) is 0 Å². The molecule has 0 spiro atoms. The molecule has 6 heteroatoms. The molecule has 112 valence electrons. The molecule has 1 aromatic heterocycles. The summed E-state index contributed by atoms with van der Waals surface area (Å²) < 4.78 is 7.33. The molecule has 1 saturated carbocycles. The van der Waals surface area contributed by atoms with E-state index >= 15 is 0 Å². The maximum atomic E-state index is 11.6. The predicted molar refractivity (Wildman–Crippen MR) is 76.3 cm³/mol. The third kappa shape index (κ3) is 4.23. The molecule has 0 bridgehead atoms. The first kappa shape index (κ1) is 14.8. The number of alkyl carbamates (subject to hydrolysis) is 1. The molecular weight excluding hydrogens is 256 g/mol. The molecule has 2 rings (SSSR count). The molecule has 2 N–H and O–H groups in total. The molecule has 1 aromatic rings. The van der Waals surface area contributed by atoms with E-state index in [2.05, 4.69) is 27.1 Å². The molecule has 2 atom stereocenters. The SMILES string of the molecule is CCn1ccnc1CNC1CC1NC(=O)OC(C)(C)C. The van der Waals surface area contributed by atoms with Crippen LogP contribution < -0.4 is 10.6 Å². The number of aryl methyl sites for hydroxylation is 1. The molecule has 1 heterocycles. The van der Waals surface area contributed by atoms with Gasteiger partial charge in [-0.15, -0.1) is 0 Å². The number of hydrogen-bond donors (Lipinski definition) is 2. The molecule has 6 nitrogen and oxygen atoms in total. The molecule has 1 amide bonds. The van der Waals surface area contributed by atoms with Crippen molar-refractivity contribution in [2.24, 2.45) is 0 Å². The lowest BCUT2D eigenvalue weighted by atomic mass is 10.2. The number of nitrogens with zero attached hydrogens (tertiary/aromatic N) is 2. The van der Waals surface area contributed by atoms with Gasteiger partial charge in [0.2, 0.25) is 0 Å². The van der Waals surface area contributed by atoms with Gasteiger partial charge in [-0.2, -0.15) is 0 Å². The molecule has 1 fully saturated rings. The predicted octanol–water partition coefficient (Wildman–Crippen LogP) is 1.66. The minimum Gasteiger partial charge on any atom is -0.444 e. The maximum absolute atomic E-state index is 11.6. The van der Waals surface area contributed by atoms with Crippen molar-refractivity contribution in [3.05, 3.63) is 18.2 Å². The monoisotopic (exact) mass is 280 g/mol. The zero-order valence-corrected chi connectivity index (χ0v) is 12.6. The third-order valence-corrected chi connectivity index (χ3v) is 3.16. The molecule has 0 aliphatic heterocycles. The summed E-state index contributed by atoms with van der Waals surface area (Å²) in [6, 6.07) is 0.472. The van der Waals surface area contributed by atoms with Gasteiger partial charge in [-0.1, -0.05) is 0 Å². The Morgan fingerprint density at radius 3 is 2.90 bits per heavy atom. The highest BCUT2D eigenvalue weighted by Gasteiger charge is 2.39. The zero-order chi connectivity index (χ0) is 14.8. The second kappa shape index (κ2) is 5.83. The topological polar surface area (TPSA) is 68.2 Å². The van der Waals surface area contributed by atoms with Crippen LogP contribution in [-0.2, 0) is 17.8 Å². The highest BCUT2D eigenvalue weighted by Crippen LogP contribution is 2.22. The van der Waals surface area contributed by atoms with Crippen LogP contribution >= 0.6 is 0 Å². The van der Waals surface area contributed by atoms with Crippen LogP contribution in [0.5, 0.6) is 0 Å². The lowest BCUT2D eigenvalue weighted by Crippen LogP contribution is -2.36. The molecule has 0 radical (unpaired) electrons. The molecule has 1 aliphatic rings. The van der Waals surface area contributed by atoms with Gasteiger partial charge in [0.15, 0.2) is 0 Å². The normalized spacial score (nSPS) is 21.6. The van der Waals surface area contributed by atoms with Crippen molar-refractivity contribution in [1.82, 2.24) is 20.2 Å². The highest BCUT2D eigenvalue weighted by molar-refractivity contribution is 5.68. The summed E-state index contributed by atoms with van der Waals surface area (Å²) in [6.45, 7) is 9.31. The fourth-order valence-electron chi connectivity index (χ4n) is 2.06. The van der Waals surface area contributed by atoms with Crippen molar-refractivity contribution < 1.29 is 9.53 Å². The van der Waals surface area contributed by atoms with Gasteiger partial charge in [0.05, 0.1) is 6.54 Å². The van der Waals surface area contributed by atoms with Gasteiger partial charge < -0.3 is 19.9 Å². The van der Waals surface area contributed by atoms with Gasteiger partial charge in [-0.05, 0) is 34.1 Å². The number of amides is 1. The van der Waals surface area contributed by atoms with E-state index in [0.717, 1.165) is 25.3 Å². The number of ether oxygens (including phenoxy) is 1. The van der Waals surface area contributed by atoms with E-state index in [9.17, 15) is 4.79 Å². The quantitative estimate of drug-likeness (QED) is 0.860. The minimum absolute atomic E-state index is 0.162. The maximum Gasteiger partial charge on any atom is 0.407 e. The van der Waals surface area contributed by atoms with Crippen LogP contribution in [0.1, 0.15) is 39.9 Å². The molecule has 0 aromatic carbocycles. The van der Waals surface area contributed by atoms with Gasteiger partial charge in [-0.3, -0.25) is 0 Å². The highest BCUT2D eigenvalue weighted by atomic mass is 16.6. The summed E-state index contributed by atoms with van der Waals surface area (Å²) in [7, 11) is 0. The fraction of sp³-hybridized carbons (Fsp3) is 0.714. The number of rotatable bonds is 5. The second-order valence-electron chi connectivity index (χ2n) is 6.11. The van der Waals surface area contributed by atoms with E-state index in [1.54, 1.807) is 0 Å². The molecule has 20 heavy (non-hydrogen) atoms. The fourth-order valence-corrected chi connectivity index (χ4v) is 2.06. The summed E-state index contributed by atoms with van der Waals surface area (Å²) in [4.78, 5) is 15.9. The van der Waals surface area contributed by atoms with Crippen LogP contribution in [0.2, 0.25) is 0 Å². The number of hydrogen-bond acceptors (Lipinski definition) is 4. The minimum atomic E-state index is -0.451. The van der Waals surface area contributed by atoms with Gasteiger partial charge in [0.1, 0.15) is 11.4 Å². The average molecular weight is 280 g/mol. The summed E-state index contributed by atoms with van der Waals surface area (Å²) >= 11 is 0. The van der Waals surface area contributed by atoms with E-state index in [0.29, 0.717) is 6.04 Å². The number of imidazole rings is 1. The van der Waals surface area contributed by atoms with Crippen molar-refractivity contribution in [3.63, 3.8) is 0 Å². The summed E-state index contributed by atoms with van der Waals surface area (Å²) in [5.41, 5.74) is -0.451. The summed E-state index contributed by atoms with van der Waals surface area (Å²) in [6.07, 6.45) is 4.37. The Morgan fingerprint density at radius 1 is 1.50 bits per heavy atom. The molecule has 0 saturated heterocycles. The van der Waals surface area contributed by atoms with E-state index in [-0.39, 0.29) is 12.1 Å². The van der Waals surface area contributed by atoms with Gasteiger partial charge in [-0.25, -0.2) is 9.78 Å². The smallest absolute Gasteiger partial charge is 0.407 e. The Bertz CT molecular complexity index is 464. The van der Waals surface area contributed by atoms with Crippen molar-refractivity contribution >= 4 is 6.09 Å². The van der Waals surface area contributed by atoms with Crippen molar-refractivity contribution in [2.45, 2.75) is 64.9 Å². The van der Waals surface area contributed by atoms with E-state index < -0.39 is 5.60 Å². The first-order valence-corrected chi connectivity index (χ1v) is 7.12. The largest absolute Gasteiger partial charge is 0.444 e. The number of nitrogens with one attached hydrogen (secondary N) is 2. The Balaban J connectivity index is 1.69. The third-order valence-electron chi connectivity index (χ3n) is 3.16. The van der Waals surface area contributed by atoms with Gasteiger partial charge in [0, 0.05) is 31.0 Å². The van der Waals surface area contributed by atoms with Crippen LogP contribution in [0.15, 0.2) is 12.4 Å². The first-order chi connectivity index (χ1) is 9.39. The van der Waals surface area contributed by atoms with Crippen LogP contribution in [-0.4, -0.2) is 33.3 Å². The lowest BCUT2D eigenvalue weighted by molar-refractivity contribution is 0.0522. The lowest BCUT2D eigenvalue weighted by Gasteiger charge is -2.19. The summed E-state index contributed by atoms with van der Waals surface area (Å²) in [5, 5.41) is 6.27. The Morgan fingerprint density at radius 2 is 2.25 bits per heavy atom. The number of carbonyl (C=O) groups excluding carboxylic acids is 1. The van der Waals surface area contributed by atoms with Crippen molar-refractivity contribution in [1.29, 1.82) is 0 Å². The molecular formula is C14H24N4O2. The Labute approximate surface area is 119 Å². The standard InChI is InChI=1S/C14H24N4O2/c1-5-18-7-6-15-12(18)9-16-10-8-11(10)17-13(19)20-14(2,3)4/h6-7,10-11,16H,5,8-9H2,1-4H3,(H,17,19). The zero-order valence-electron chi connectivity index (χ0n) is 12.6. The van der Waals surface area contributed by atoms with E-state index in [4.69, 9.17) is 4.74 Å². The van der Waals surface area contributed by atoms with E-state index in [1.165, 1.54) is 0 Å². The van der Waals surface area contributed by atoms with Gasteiger partial charge in [0.25, 0.3) is 0 Å². The number of carbonyl (C=O) groups is 1. The summed E-state index contributed by atoms with van der Waals surface area (Å²) in [5.74, 6) is 1.02. The number of aromatic nitrogens is 2. The van der Waals surface area contributed by atoms with Crippen LogP contribution in [0.3, 0.4) is 0 Å². The van der Waals surface area contributed by atoms with Gasteiger partial charge >= 0.3 is 6.09 Å².